The number of nitrogens with zero attached hydrogens (tertiary/aromatic N) is 1. The molecule has 0 radical (unpaired) electrons. The molecule has 0 aliphatic rings. The van der Waals surface area contributed by atoms with Gasteiger partial charge in [0.25, 0.3) is 0 Å². The van der Waals surface area contributed by atoms with E-state index in [9.17, 15) is 18.3 Å². The molecule has 0 aliphatic carbocycles. The monoisotopic (exact) mass is 361 g/mol. The molecule has 0 spiro atoms. The van der Waals surface area contributed by atoms with Crippen molar-refractivity contribution in [1.82, 2.24) is 4.31 Å². The first-order chi connectivity index (χ1) is 11.6. The minimum Gasteiger partial charge on any atom is -0.480 e. The van der Waals surface area contributed by atoms with E-state index < -0.39 is 22.0 Å². The van der Waals surface area contributed by atoms with Crippen molar-refractivity contribution in [3.8, 4) is 0 Å². The van der Waals surface area contributed by atoms with E-state index in [2.05, 4.69) is 0 Å². The third kappa shape index (κ3) is 4.08. The maximum Gasteiger partial charge on any atom is 0.322 e. The highest BCUT2D eigenvalue weighted by molar-refractivity contribution is 7.89. The van der Waals surface area contributed by atoms with Crippen LogP contribution in [0.3, 0.4) is 0 Å². The number of hydrogen-bond donors (Lipinski definition) is 1. The molecule has 0 amide bonds. The Balaban J connectivity index is 2.41. The van der Waals surface area contributed by atoms with Crippen molar-refractivity contribution in [1.29, 1.82) is 0 Å². The molecule has 0 fully saturated rings. The number of carbonyl (C=O) groups is 1. The van der Waals surface area contributed by atoms with E-state index in [-0.39, 0.29) is 11.3 Å². The summed E-state index contributed by atoms with van der Waals surface area (Å²) in [6.45, 7) is 5.81. The first kappa shape index (κ1) is 19.1. The second-order valence-corrected chi connectivity index (χ2v) is 8.27. The smallest absolute Gasteiger partial charge is 0.322 e. The first-order valence-corrected chi connectivity index (χ1v) is 9.41. The van der Waals surface area contributed by atoms with Crippen molar-refractivity contribution in [3.05, 3.63) is 64.7 Å². The van der Waals surface area contributed by atoms with Crippen LogP contribution in [0.25, 0.3) is 0 Å². The SMILES string of the molecule is Cc1cc(C)c(C[C@H](C(=O)O)N(C)S(=O)(=O)c2ccccc2)c(C)c1. The largest absolute Gasteiger partial charge is 0.480 e. The summed E-state index contributed by atoms with van der Waals surface area (Å²) in [6, 6.07) is 10.7. The van der Waals surface area contributed by atoms with Gasteiger partial charge in [-0.05, 0) is 49.6 Å². The van der Waals surface area contributed by atoms with Gasteiger partial charge in [-0.15, -0.1) is 0 Å². The molecule has 0 aromatic heterocycles. The Bertz CT molecular complexity index is 853. The van der Waals surface area contributed by atoms with Gasteiger partial charge in [0.15, 0.2) is 0 Å². The third-order valence-electron chi connectivity index (χ3n) is 4.38. The van der Waals surface area contributed by atoms with Crippen molar-refractivity contribution in [2.24, 2.45) is 0 Å². The van der Waals surface area contributed by atoms with Crippen molar-refractivity contribution < 1.29 is 18.3 Å². The Labute approximate surface area is 149 Å². The molecule has 1 atom stereocenters. The van der Waals surface area contributed by atoms with E-state index >= 15 is 0 Å². The number of hydrogen-bond acceptors (Lipinski definition) is 3. The van der Waals surface area contributed by atoms with Crippen LogP contribution in [0.15, 0.2) is 47.4 Å². The van der Waals surface area contributed by atoms with Gasteiger partial charge in [-0.2, -0.15) is 4.31 Å². The summed E-state index contributed by atoms with van der Waals surface area (Å²) in [6.07, 6.45) is 0.121. The molecule has 5 nitrogen and oxygen atoms in total. The molecule has 0 heterocycles. The van der Waals surface area contributed by atoms with Gasteiger partial charge in [0, 0.05) is 13.5 Å². The number of carboxylic acid groups (broad SMARTS) is 1. The molecule has 25 heavy (non-hydrogen) atoms. The second-order valence-electron chi connectivity index (χ2n) is 6.27. The number of rotatable bonds is 6. The maximum atomic E-state index is 12.8. The van der Waals surface area contributed by atoms with Crippen LogP contribution in [0.1, 0.15) is 22.3 Å². The third-order valence-corrected chi connectivity index (χ3v) is 6.26. The predicted molar refractivity (Wildman–Crippen MR) is 97.2 cm³/mol. The van der Waals surface area contributed by atoms with Crippen molar-refractivity contribution in [3.63, 3.8) is 0 Å². The Morgan fingerprint density at radius 2 is 1.60 bits per heavy atom. The molecular formula is C19H23NO4S. The molecular weight excluding hydrogens is 338 g/mol. The highest BCUT2D eigenvalue weighted by Crippen LogP contribution is 2.23. The average molecular weight is 361 g/mol. The molecule has 0 unspecified atom stereocenters. The standard InChI is InChI=1S/C19H23NO4S/c1-13-10-14(2)17(15(3)11-13)12-18(19(21)22)20(4)25(23,24)16-8-6-5-7-9-16/h5-11,18H,12H2,1-4H3,(H,21,22)/t18-/m1/s1. The molecule has 6 heteroatoms. The van der Waals surface area contributed by atoms with E-state index in [0.717, 1.165) is 26.6 Å². The van der Waals surface area contributed by atoms with Crippen molar-refractivity contribution in [2.45, 2.75) is 38.1 Å². The van der Waals surface area contributed by atoms with Gasteiger partial charge in [-0.1, -0.05) is 35.9 Å². The lowest BCUT2D eigenvalue weighted by Gasteiger charge is -2.25. The van der Waals surface area contributed by atoms with Gasteiger partial charge in [0.05, 0.1) is 4.90 Å². The maximum absolute atomic E-state index is 12.8. The highest BCUT2D eigenvalue weighted by atomic mass is 32.2. The van der Waals surface area contributed by atoms with Crippen LogP contribution in [0.4, 0.5) is 0 Å². The van der Waals surface area contributed by atoms with Gasteiger partial charge in [0.1, 0.15) is 6.04 Å². The summed E-state index contributed by atoms with van der Waals surface area (Å²) in [5, 5.41) is 9.65. The zero-order valence-electron chi connectivity index (χ0n) is 14.9. The fourth-order valence-corrected chi connectivity index (χ4v) is 4.36. The molecule has 0 bridgehead atoms. The summed E-state index contributed by atoms with van der Waals surface area (Å²) in [5.41, 5.74) is 3.90. The van der Waals surface area contributed by atoms with Crippen LogP contribution in [-0.2, 0) is 21.2 Å². The summed E-state index contributed by atoms with van der Waals surface area (Å²) in [7, 11) is -2.57. The second kappa shape index (κ2) is 7.37. The van der Waals surface area contributed by atoms with Crippen LogP contribution >= 0.6 is 0 Å². The zero-order chi connectivity index (χ0) is 18.8. The average Bonchev–Trinajstić information content (AvgIpc) is 2.54. The van der Waals surface area contributed by atoms with Gasteiger partial charge in [0.2, 0.25) is 10.0 Å². The number of benzene rings is 2. The molecule has 0 saturated carbocycles. The summed E-state index contributed by atoms with van der Waals surface area (Å²) < 4.78 is 26.5. The summed E-state index contributed by atoms with van der Waals surface area (Å²) >= 11 is 0. The van der Waals surface area contributed by atoms with E-state index in [4.69, 9.17) is 0 Å². The van der Waals surface area contributed by atoms with Crippen LogP contribution in [0.5, 0.6) is 0 Å². The Hall–Kier alpha value is -2.18. The fourth-order valence-electron chi connectivity index (χ4n) is 3.02. The molecule has 2 aromatic rings. The fraction of sp³-hybridized carbons (Fsp3) is 0.316. The normalized spacial score (nSPS) is 13.0. The first-order valence-electron chi connectivity index (χ1n) is 7.97. The minimum absolute atomic E-state index is 0.0844. The van der Waals surface area contributed by atoms with Crippen LogP contribution in [-0.4, -0.2) is 36.9 Å². The Morgan fingerprint density at radius 1 is 1.08 bits per heavy atom. The van der Waals surface area contributed by atoms with E-state index in [1.165, 1.54) is 19.2 Å². The Morgan fingerprint density at radius 3 is 2.08 bits per heavy atom. The number of aryl methyl sites for hydroxylation is 3. The lowest BCUT2D eigenvalue weighted by Crippen LogP contribution is -2.44. The highest BCUT2D eigenvalue weighted by Gasteiger charge is 2.33. The number of carboxylic acids is 1. The Kier molecular flexibility index (Phi) is 5.65. The number of aliphatic carboxylic acids is 1. The predicted octanol–water partition coefficient (Wildman–Crippen LogP) is 2.93. The molecule has 134 valence electrons. The van der Waals surface area contributed by atoms with Gasteiger partial charge < -0.3 is 5.11 Å². The summed E-state index contributed by atoms with van der Waals surface area (Å²) in [5.74, 6) is -1.17. The topological polar surface area (TPSA) is 74.7 Å². The van der Waals surface area contributed by atoms with Crippen LogP contribution < -0.4 is 0 Å². The molecule has 2 aromatic carbocycles. The van der Waals surface area contributed by atoms with E-state index in [1.807, 2.05) is 32.9 Å². The van der Waals surface area contributed by atoms with Gasteiger partial charge in [-0.3, -0.25) is 4.79 Å². The molecule has 2 rings (SSSR count). The van der Waals surface area contributed by atoms with Crippen molar-refractivity contribution >= 4 is 16.0 Å². The van der Waals surface area contributed by atoms with Gasteiger partial charge >= 0.3 is 5.97 Å². The quantitative estimate of drug-likeness (QED) is 0.858. The molecule has 1 N–H and O–H groups in total. The summed E-state index contributed by atoms with van der Waals surface area (Å²) in [4.78, 5) is 11.9. The lowest BCUT2D eigenvalue weighted by atomic mass is 9.94. The van der Waals surface area contributed by atoms with Gasteiger partial charge in [-0.25, -0.2) is 8.42 Å². The minimum atomic E-state index is -3.88. The van der Waals surface area contributed by atoms with E-state index in [0.29, 0.717) is 0 Å². The zero-order valence-corrected chi connectivity index (χ0v) is 15.7. The molecule has 0 saturated heterocycles. The number of sulfonamides is 1. The van der Waals surface area contributed by atoms with Crippen LogP contribution in [0, 0.1) is 20.8 Å². The molecule has 0 aliphatic heterocycles. The van der Waals surface area contributed by atoms with Crippen molar-refractivity contribution in [2.75, 3.05) is 7.05 Å². The number of likely N-dealkylation sites (N-methyl/N-ethyl adjacent to an activating group) is 1. The lowest BCUT2D eigenvalue weighted by molar-refractivity contribution is -0.141. The van der Waals surface area contributed by atoms with E-state index in [1.54, 1.807) is 18.2 Å². The van der Waals surface area contributed by atoms with Crippen LogP contribution in [0.2, 0.25) is 0 Å².